The van der Waals surface area contributed by atoms with Crippen molar-refractivity contribution in [3.8, 4) is 0 Å². The van der Waals surface area contributed by atoms with Gasteiger partial charge in [0.05, 0.1) is 5.60 Å². The Morgan fingerprint density at radius 2 is 1.93 bits per heavy atom. The smallest absolute Gasteiger partial charge is 0.120 e. The Labute approximate surface area is 166 Å². The van der Waals surface area contributed by atoms with Crippen molar-refractivity contribution in [3.63, 3.8) is 0 Å². The molecule has 3 fully saturated rings. The van der Waals surface area contributed by atoms with Gasteiger partial charge in [-0.25, -0.2) is 0 Å². The molecular weight excluding hydrogens is 332 g/mol. The second kappa shape index (κ2) is 6.71. The third-order valence-electron chi connectivity index (χ3n) is 9.88. The molecule has 0 aromatic rings. The van der Waals surface area contributed by atoms with E-state index in [4.69, 9.17) is 0 Å². The molecule has 4 rings (SSSR count). The Balaban J connectivity index is 1.57. The van der Waals surface area contributed by atoms with Crippen molar-refractivity contribution in [1.29, 1.82) is 0 Å². The van der Waals surface area contributed by atoms with Crippen molar-refractivity contribution >= 4 is 6.29 Å². The fourth-order valence-corrected chi connectivity index (χ4v) is 8.31. The number of aliphatic hydroxyl groups is 1. The number of hydrogen-bond acceptors (Lipinski definition) is 2. The molecule has 0 aromatic carbocycles. The molecule has 0 aliphatic heterocycles. The van der Waals surface area contributed by atoms with Crippen molar-refractivity contribution in [3.05, 3.63) is 11.6 Å². The van der Waals surface area contributed by atoms with Crippen LogP contribution in [-0.4, -0.2) is 17.0 Å². The Morgan fingerprint density at radius 1 is 1.15 bits per heavy atom. The monoisotopic (exact) mass is 372 g/mol. The zero-order chi connectivity index (χ0) is 19.4. The molecule has 4 aliphatic carbocycles. The fourth-order valence-electron chi connectivity index (χ4n) is 8.31. The van der Waals surface area contributed by atoms with E-state index in [1.165, 1.54) is 32.1 Å². The summed E-state index contributed by atoms with van der Waals surface area (Å²) >= 11 is 0. The molecule has 2 heteroatoms. The van der Waals surface area contributed by atoms with Crippen molar-refractivity contribution in [1.82, 2.24) is 0 Å². The summed E-state index contributed by atoms with van der Waals surface area (Å²) in [5.74, 6) is 3.99. The average Bonchev–Trinajstić information content (AvgIpc) is 2.97. The summed E-state index contributed by atoms with van der Waals surface area (Å²) in [5, 5.41) is 10.6. The number of carbonyl (C=O) groups is 1. The number of rotatable bonds is 4. The highest BCUT2D eigenvalue weighted by Gasteiger charge is 2.59. The van der Waals surface area contributed by atoms with Gasteiger partial charge in [0, 0.05) is 6.42 Å². The molecule has 1 unspecified atom stereocenters. The van der Waals surface area contributed by atoms with Crippen molar-refractivity contribution in [2.45, 2.75) is 97.5 Å². The van der Waals surface area contributed by atoms with Crippen molar-refractivity contribution < 1.29 is 9.90 Å². The highest BCUT2D eigenvalue weighted by Crippen LogP contribution is 2.67. The summed E-state index contributed by atoms with van der Waals surface area (Å²) < 4.78 is 0. The Morgan fingerprint density at radius 3 is 2.67 bits per heavy atom. The lowest BCUT2D eigenvalue weighted by Crippen LogP contribution is -2.52. The summed E-state index contributed by atoms with van der Waals surface area (Å²) in [4.78, 5) is 10.9. The van der Waals surface area contributed by atoms with E-state index >= 15 is 0 Å². The molecule has 0 radical (unpaired) electrons. The zero-order valence-electron chi connectivity index (χ0n) is 18.0. The lowest BCUT2D eigenvalue weighted by atomic mass is 9.46. The van der Waals surface area contributed by atoms with Crippen LogP contribution in [-0.2, 0) is 4.79 Å². The molecule has 27 heavy (non-hydrogen) atoms. The van der Waals surface area contributed by atoms with E-state index in [1.54, 1.807) is 5.57 Å². The highest BCUT2D eigenvalue weighted by atomic mass is 16.3. The van der Waals surface area contributed by atoms with E-state index in [1.807, 2.05) is 6.92 Å². The molecule has 3 saturated carbocycles. The lowest BCUT2D eigenvalue weighted by Gasteiger charge is -2.59. The van der Waals surface area contributed by atoms with Crippen LogP contribution in [0.25, 0.3) is 0 Å². The van der Waals surface area contributed by atoms with Crippen LogP contribution in [0, 0.1) is 40.4 Å². The minimum Gasteiger partial charge on any atom is -0.390 e. The second-order valence-corrected chi connectivity index (χ2v) is 11.4. The third-order valence-corrected chi connectivity index (χ3v) is 9.88. The van der Waals surface area contributed by atoms with Crippen molar-refractivity contribution in [2.75, 3.05) is 0 Å². The summed E-state index contributed by atoms with van der Waals surface area (Å²) in [6, 6.07) is 0. The first kappa shape index (κ1) is 19.7. The number of aldehydes is 1. The first-order valence-electron chi connectivity index (χ1n) is 11.6. The summed E-state index contributed by atoms with van der Waals surface area (Å²) in [6.45, 7) is 9.54. The van der Waals surface area contributed by atoms with Crippen LogP contribution in [0.15, 0.2) is 11.6 Å². The molecule has 0 bridgehead atoms. The van der Waals surface area contributed by atoms with E-state index in [0.717, 1.165) is 62.1 Å². The number of hydrogen-bond donors (Lipinski definition) is 1. The average molecular weight is 373 g/mol. The summed E-state index contributed by atoms with van der Waals surface area (Å²) in [6.07, 6.45) is 15.2. The van der Waals surface area contributed by atoms with Gasteiger partial charge in [-0.3, -0.25) is 0 Å². The minimum atomic E-state index is -0.492. The van der Waals surface area contributed by atoms with E-state index in [-0.39, 0.29) is 0 Å². The molecule has 152 valence electrons. The van der Waals surface area contributed by atoms with Crippen LogP contribution in [0.3, 0.4) is 0 Å². The topological polar surface area (TPSA) is 37.3 Å². The maximum Gasteiger partial charge on any atom is 0.120 e. The molecule has 2 nitrogen and oxygen atoms in total. The summed E-state index contributed by atoms with van der Waals surface area (Å²) in [7, 11) is 0. The van der Waals surface area contributed by atoms with Crippen LogP contribution < -0.4 is 0 Å². The second-order valence-electron chi connectivity index (χ2n) is 11.4. The first-order valence-corrected chi connectivity index (χ1v) is 11.6. The molecule has 4 aliphatic rings. The van der Waals surface area contributed by atoms with Crippen LogP contribution in [0.4, 0.5) is 0 Å². The van der Waals surface area contributed by atoms with Gasteiger partial charge >= 0.3 is 0 Å². The first-order chi connectivity index (χ1) is 12.7. The molecule has 0 amide bonds. The maximum absolute atomic E-state index is 10.9. The lowest BCUT2D eigenvalue weighted by molar-refractivity contribution is -0.108. The van der Waals surface area contributed by atoms with E-state index in [9.17, 15) is 9.90 Å². The van der Waals surface area contributed by atoms with Gasteiger partial charge in [-0.05, 0) is 105 Å². The SMILES string of the molecule is C[C@H](CCC=O)[C@H]1CC[C@H]2[C@@H]3CC=C4C[C@@](C)(O)CC[C@]4(C)C3CC[C@]12C. The molecule has 8 atom stereocenters. The third kappa shape index (κ3) is 3.05. The van der Waals surface area contributed by atoms with Gasteiger partial charge in [0.1, 0.15) is 6.29 Å². The van der Waals surface area contributed by atoms with Gasteiger partial charge in [-0.15, -0.1) is 0 Å². The minimum absolute atomic E-state index is 0.327. The predicted molar refractivity (Wildman–Crippen MR) is 110 cm³/mol. The molecule has 0 heterocycles. The maximum atomic E-state index is 10.9. The van der Waals surface area contributed by atoms with Crippen LogP contribution in [0.1, 0.15) is 91.9 Å². The Kier molecular flexibility index (Phi) is 4.89. The van der Waals surface area contributed by atoms with Gasteiger partial charge in [-0.2, -0.15) is 0 Å². The normalized spacial score (nSPS) is 50.2. The van der Waals surface area contributed by atoms with Crippen LogP contribution >= 0.6 is 0 Å². The Bertz CT molecular complexity index is 620. The van der Waals surface area contributed by atoms with E-state index < -0.39 is 5.60 Å². The number of carbonyl (C=O) groups excluding carboxylic acids is 1. The van der Waals surface area contributed by atoms with Gasteiger partial charge in [0.15, 0.2) is 0 Å². The molecule has 1 N–H and O–H groups in total. The van der Waals surface area contributed by atoms with E-state index in [0.29, 0.717) is 16.7 Å². The van der Waals surface area contributed by atoms with Crippen LogP contribution in [0.5, 0.6) is 0 Å². The fraction of sp³-hybridized carbons (Fsp3) is 0.880. The standard InChI is InChI=1S/C25H40O2/c1-17(6-5-15-26)20-9-10-21-19-8-7-18-16-23(2,27)13-14-24(18,3)22(19)11-12-25(20,21)4/h7,15,17,19-22,27H,5-6,8-14,16H2,1-4H3/t17-,19+,20-,21+,22?,23+,24+,25-/m1/s1. The molecule has 0 aromatic heterocycles. The summed E-state index contributed by atoms with van der Waals surface area (Å²) in [5.41, 5.74) is 1.88. The Hall–Kier alpha value is -0.630. The van der Waals surface area contributed by atoms with Gasteiger partial charge < -0.3 is 9.90 Å². The van der Waals surface area contributed by atoms with Gasteiger partial charge in [-0.1, -0.05) is 32.4 Å². The molecule has 0 spiro atoms. The van der Waals surface area contributed by atoms with Gasteiger partial charge in [0.2, 0.25) is 0 Å². The van der Waals surface area contributed by atoms with Crippen molar-refractivity contribution in [2.24, 2.45) is 40.4 Å². The zero-order valence-corrected chi connectivity index (χ0v) is 18.0. The quantitative estimate of drug-likeness (QED) is 0.490. The largest absolute Gasteiger partial charge is 0.390 e. The predicted octanol–water partition coefficient (Wildman–Crippen LogP) is 5.93. The van der Waals surface area contributed by atoms with E-state index in [2.05, 4.69) is 26.8 Å². The van der Waals surface area contributed by atoms with Crippen LogP contribution in [0.2, 0.25) is 0 Å². The van der Waals surface area contributed by atoms with Gasteiger partial charge in [0.25, 0.3) is 0 Å². The highest BCUT2D eigenvalue weighted by molar-refractivity contribution is 5.49. The number of fused-ring (bicyclic) bond motifs is 5. The molecule has 0 saturated heterocycles. The number of allylic oxidation sites excluding steroid dienone is 1. The molecular formula is C25H40O2.